The third kappa shape index (κ3) is 3.79. The summed E-state index contributed by atoms with van der Waals surface area (Å²) in [6, 6.07) is 10.2. The molecule has 4 aromatic heterocycles. The van der Waals surface area contributed by atoms with Crippen molar-refractivity contribution in [2.45, 2.75) is 45.3 Å². The monoisotopic (exact) mass is 514 g/mol. The number of aromatic nitrogens is 4. The van der Waals surface area contributed by atoms with Crippen molar-refractivity contribution in [1.29, 1.82) is 0 Å². The standard InChI is InChI=1S/C29H34N6O3/c1-4-22-8-7-20-11-23(34(27(20)31-22)14-19-5-6-19)26-18(2)35-24(32-26)12-21(13-25(35)37-3)28(36)33-16-29(17-33)15-30-9-10-38-29/h7-8,11-13,19,30H,4-6,9-10,14-17H2,1-3H3. The van der Waals surface area contributed by atoms with Gasteiger partial charge in [-0.25, -0.2) is 9.97 Å². The Kier molecular flexibility index (Phi) is 5.49. The lowest BCUT2D eigenvalue weighted by molar-refractivity contribution is -0.142. The number of morpholine rings is 1. The SMILES string of the molecule is CCc1ccc2cc(-c3nc4cc(C(=O)N5CC6(CNCCO6)C5)cc(OC)n4c3C)n(CC3CC3)c2n1. The molecule has 0 unspecified atom stereocenters. The van der Waals surface area contributed by atoms with Gasteiger partial charge in [-0.1, -0.05) is 6.92 Å². The third-order valence-corrected chi connectivity index (χ3v) is 8.30. The van der Waals surface area contributed by atoms with E-state index < -0.39 is 0 Å². The Balaban J connectivity index is 1.29. The zero-order chi connectivity index (χ0) is 26.0. The van der Waals surface area contributed by atoms with Crippen LogP contribution < -0.4 is 10.1 Å². The van der Waals surface area contributed by atoms with Gasteiger partial charge in [0.1, 0.15) is 22.6 Å². The molecule has 6 heterocycles. The van der Waals surface area contributed by atoms with Crippen LogP contribution in [0.2, 0.25) is 0 Å². The minimum atomic E-state index is -0.250. The van der Waals surface area contributed by atoms with Gasteiger partial charge in [-0.15, -0.1) is 0 Å². The van der Waals surface area contributed by atoms with E-state index in [-0.39, 0.29) is 11.5 Å². The Morgan fingerprint density at radius 1 is 1.21 bits per heavy atom. The fourth-order valence-electron chi connectivity index (χ4n) is 5.98. The maximum atomic E-state index is 13.4. The van der Waals surface area contributed by atoms with E-state index in [2.05, 4.69) is 41.9 Å². The van der Waals surface area contributed by atoms with E-state index in [0.717, 1.165) is 59.9 Å². The normalized spacial score (nSPS) is 18.9. The highest BCUT2D eigenvalue weighted by Crippen LogP contribution is 2.37. The van der Waals surface area contributed by atoms with Crippen LogP contribution in [0, 0.1) is 12.8 Å². The van der Waals surface area contributed by atoms with Crippen molar-refractivity contribution in [2.24, 2.45) is 5.92 Å². The van der Waals surface area contributed by atoms with Crippen molar-refractivity contribution in [3.8, 4) is 17.3 Å². The topological polar surface area (TPSA) is 85.9 Å². The van der Waals surface area contributed by atoms with Gasteiger partial charge in [-0.2, -0.15) is 0 Å². The molecule has 3 aliphatic rings. The first-order chi connectivity index (χ1) is 18.5. The van der Waals surface area contributed by atoms with Gasteiger partial charge < -0.3 is 24.3 Å². The minimum absolute atomic E-state index is 0.0213. The summed E-state index contributed by atoms with van der Waals surface area (Å²) in [6.07, 6.45) is 3.42. The molecule has 2 saturated heterocycles. The molecule has 1 spiro atoms. The van der Waals surface area contributed by atoms with E-state index in [4.69, 9.17) is 19.4 Å². The molecular weight excluding hydrogens is 480 g/mol. The Morgan fingerprint density at radius 3 is 2.76 bits per heavy atom. The number of aryl methyl sites for hydroxylation is 2. The number of hydrogen-bond donors (Lipinski definition) is 1. The van der Waals surface area contributed by atoms with Crippen LogP contribution in [0.4, 0.5) is 0 Å². The van der Waals surface area contributed by atoms with E-state index >= 15 is 0 Å². The number of imidazole rings is 1. The molecule has 0 aromatic carbocycles. The van der Waals surface area contributed by atoms with Crippen LogP contribution in [0.25, 0.3) is 28.1 Å². The molecule has 3 fully saturated rings. The smallest absolute Gasteiger partial charge is 0.254 e. The molecule has 1 N–H and O–H groups in total. The molecule has 9 heteroatoms. The summed E-state index contributed by atoms with van der Waals surface area (Å²) >= 11 is 0. The second-order valence-electron chi connectivity index (χ2n) is 11.0. The van der Waals surface area contributed by atoms with E-state index in [0.29, 0.717) is 42.7 Å². The minimum Gasteiger partial charge on any atom is -0.482 e. The Bertz CT molecular complexity index is 1550. The molecule has 0 radical (unpaired) electrons. The quantitative estimate of drug-likeness (QED) is 0.424. The predicted molar refractivity (Wildman–Crippen MR) is 145 cm³/mol. The number of carbonyl (C=O) groups is 1. The number of nitrogens with zero attached hydrogens (tertiary/aromatic N) is 5. The summed E-state index contributed by atoms with van der Waals surface area (Å²) in [7, 11) is 1.64. The molecule has 9 nitrogen and oxygen atoms in total. The number of methoxy groups -OCH3 is 1. The number of likely N-dealkylation sites (tertiary alicyclic amines) is 1. The van der Waals surface area contributed by atoms with Crippen LogP contribution in [0.3, 0.4) is 0 Å². The van der Waals surface area contributed by atoms with E-state index in [9.17, 15) is 4.79 Å². The van der Waals surface area contributed by atoms with Crippen LogP contribution >= 0.6 is 0 Å². The zero-order valence-electron chi connectivity index (χ0n) is 22.3. The van der Waals surface area contributed by atoms with Gasteiger partial charge in [0, 0.05) is 42.3 Å². The Labute approximate surface area is 221 Å². The van der Waals surface area contributed by atoms with Crippen molar-refractivity contribution < 1.29 is 14.3 Å². The van der Waals surface area contributed by atoms with Gasteiger partial charge in [-0.3, -0.25) is 9.20 Å². The largest absolute Gasteiger partial charge is 0.482 e. The van der Waals surface area contributed by atoms with Crippen LogP contribution in [-0.2, 0) is 17.7 Å². The van der Waals surface area contributed by atoms with Crippen LogP contribution in [0.5, 0.6) is 5.88 Å². The highest BCUT2D eigenvalue weighted by Gasteiger charge is 2.47. The first kappa shape index (κ1) is 23.7. The number of hydrogen-bond acceptors (Lipinski definition) is 6. The van der Waals surface area contributed by atoms with Gasteiger partial charge >= 0.3 is 0 Å². The van der Waals surface area contributed by atoms with Gasteiger partial charge in [0.25, 0.3) is 5.91 Å². The molecule has 0 bridgehead atoms. The van der Waals surface area contributed by atoms with Crippen LogP contribution in [0.1, 0.15) is 41.5 Å². The maximum absolute atomic E-state index is 13.4. The molecule has 0 atom stereocenters. The highest BCUT2D eigenvalue weighted by molar-refractivity contribution is 5.96. The average Bonchev–Trinajstić information content (AvgIpc) is 3.60. The number of fused-ring (bicyclic) bond motifs is 2. The van der Waals surface area contributed by atoms with E-state index in [1.807, 2.05) is 21.4 Å². The first-order valence-corrected chi connectivity index (χ1v) is 13.7. The van der Waals surface area contributed by atoms with Crippen molar-refractivity contribution in [1.82, 2.24) is 29.2 Å². The summed E-state index contributed by atoms with van der Waals surface area (Å²) in [5.74, 6) is 1.27. The molecular formula is C29H34N6O3. The summed E-state index contributed by atoms with van der Waals surface area (Å²) < 4.78 is 16.1. The van der Waals surface area contributed by atoms with Gasteiger partial charge in [-0.05, 0) is 56.4 Å². The number of amides is 1. The Morgan fingerprint density at radius 2 is 2.05 bits per heavy atom. The lowest BCUT2D eigenvalue weighted by Gasteiger charge is -2.51. The number of nitrogens with one attached hydrogen (secondary N) is 1. The molecule has 1 saturated carbocycles. The molecule has 4 aromatic rings. The number of pyridine rings is 2. The lowest BCUT2D eigenvalue weighted by Crippen LogP contribution is -2.70. The zero-order valence-corrected chi connectivity index (χ0v) is 22.3. The van der Waals surface area contributed by atoms with Crippen molar-refractivity contribution in [3.63, 3.8) is 0 Å². The first-order valence-electron chi connectivity index (χ1n) is 13.7. The second kappa shape index (κ2) is 8.81. The van der Waals surface area contributed by atoms with Crippen molar-refractivity contribution in [3.05, 3.63) is 47.3 Å². The molecule has 7 rings (SSSR count). The molecule has 38 heavy (non-hydrogen) atoms. The molecule has 1 amide bonds. The summed E-state index contributed by atoms with van der Waals surface area (Å²) in [5.41, 5.74) is 6.10. The van der Waals surface area contributed by atoms with Gasteiger partial charge in [0.05, 0.1) is 38.2 Å². The van der Waals surface area contributed by atoms with Gasteiger partial charge in [0.15, 0.2) is 5.88 Å². The fraction of sp³-hybridized carbons (Fsp3) is 0.483. The fourth-order valence-corrected chi connectivity index (χ4v) is 5.98. The number of rotatable bonds is 6. The highest BCUT2D eigenvalue weighted by atomic mass is 16.5. The van der Waals surface area contributed by atoms with Crippen LogP contribution in [-0.4, -0.2) is 75.2 Å². The van der Waals surface area contributed by atoms with Gasteiger partial charge in [0.2, 0.25) is 0 Å². The van der Waals surface area contributed by atoms with Crippen LogP contribution in [0.15, 0.2) is 30.3 Å². The molecule has 1 aliphatic carbocycles. The van der Waals surface area contributed by atoms with E-state index in [1.54, 1.807) is 7.11 Å². The van der Waals surface area contributed by atoms with Crippen molar-refractivity contribution in [2.75, 3.05) is 39.9 Å². The molecule has 2 aliphatic heterocycles. The second-order valence-corrected chi connectivity index (χ2v) is 11.0. The number of ether oxygens (including phenoxy) is 2. The average molecular weight is 515 g/mol. The summed E-state index contributed by atoms with van der Waals surface area (Å²) in [6.45, 7) is 8.67. The van der Waals surface area contributed by atoms with E-state index in [1.165, 1.54) is 12.8 Å². The third-order valence-electron chi connectivity index (χ3n) is 8.30. The maximum Gasteiger partial charge on any atom is 0.254 e. The summed E-state index contributed by atoms with van der Waals surface area (Å²) in [4.78, 5) is 25.3. The predicted octanol–water partition coefficient (Wildman–Crippen LogP) is 3.45. The van der Waals surface area contributed by atoms with Crippen molar-refractivity contribution >= 4 is 22.6 Å². The molecule has 198 valence electrons. The number of carbonyl (C=O) groups excluding carboxylic acids is 1. The lowest BCUT2D eigenvalue weighted by atomic mass is 9.92. The summed E-state index contributed by atoms with van der Waals surface area (Å²) in [5, 5.41) is 4.50. The Hall–Kier alpha value is -3.43.